The average molecular weight is 549 g/mol. The van der Waals surface area contributed by atoms with Crippen LogP contribution in [0.4, 0.5) is 18.0 Å². The quantitative estimate of drug-likeness (QED) is 0.392. The van der Waals surface area contributed by atoms with E-state index in [-0.39, 0.29) is 17.9 Å². The second-order valence-electron chi connectivity index (χ2n) is 11.2. The molecular formula is C29H35F3N2O5. The van der Waals surface area contributed by atoms with E-state index in [1.165, 1.54) is 13.2 Å². The second kappa shape index (κ2) is 11.1. The summed E-state index contributed by atoms with van der Waals surface area (Å²) in [4.78, 5) is 32.6. The van der Waals surface area contributed by atoms with Crippen LogP contribution < -0.4 is 4.74 Å². The predicted molar refractivity (Wildman–Crippen MR) is 137 cm³/mol. The van der Waals surface area contributed by atoms with E-state index in [4.69, 9.17) is 14.2 Å². The molecule has 1 aromatic heterocycles. The number of pyridine rings is 1. The minimum Gasteiger partial charge on any atom is -0.495 e. The molecule has 1 amide bonds. The monoisotopic (exact) mass is 548 g/mol. The molecule has 1 aromatic carbocycles. The molecule has 212 valence electrons. The number of aromatic nitrogens is 1. The molecule has 0 aliphatic carbocycles. The molecule has 10 heteroatoms. The summed E-state index contributed by atoms with van der Waals surface area (Å²) in [6.07, 6.45) is -1.58. The van der Waals surface area contributed by atoms with Crippen LogP contribution in [0.1, 0.15) is 88.2 Å². The Balaban J connectivity index is 1.84. The van der Waals surface area contributed by atoms with Gasteiger partial charge >= 0.3 is 18.2 Å². The molecule has 2 aromatic rings. The van der Waals surface area contributed by atoms with Gasteiger partial charge in [0.2, 0.25) is 0 Å². The lowest BCUT2D eigenvalue weighted by Gasteiger charge is -2.43. The average Bonchev–Trinajstić information content (AvgIpc) is 3.23. The summed E-state index contributed by atoms with van der Waals surface area (Å²) in [5, 5.41) is 0. The zero-order valence-electron chi connectivity index (χ0n) is 22.7. The summed E-state index contributed by atoms with van der Waals surface area (Å²) in [5.41, 5.74) is -2.44. The molecule has 2 fully saturated rings. The fourth-order valence-corrected chi connectivity index (χ4v) is 5.56. The molecule has 2 aliphatic heterocycles. The van der Waals surface area contributed by atoms with Gasteiger partial charge in [-0.05, 0) is 57.7 Å². The number of carbonyl (C=O) groups excluding carboxylic acids is 2. The number of alkyl halides is 3. The van der Waals surface area contributed by atoms with Gasteiger partial charge in [0.1, 0.15) is 34.6 Å². The van der Waals surface area contributed by atoms with Crippen molar-refractivity contribution in [1.29, 1.82) is 0 Å². The van der Waals surface area contributed by atoms with Gasteiger partial charge in [-0.25, -0.2) is 9.78 Å². The zero-order valence-corrected chi connectivity index (χ0v) is 22.7. The van der Waals surface area contributed by atoms with E-state index in [0.29, 0.717) is 13.0 Å². The molecule has 1 spiro atoms. The summed E-state index contributed by atoms with van der Waals surface area (Å²) in [6, 6.07) is 10.6. The van der Waals surface area contributed by atoms with E-state index >= 15 is 0 Å². The first-order chi connectivity index (χ1) is 18.3. The Morgan fingerprint density at radius 1 is 1.05 bits per heavy atom. The maximum Gasteiger partial charge on any atom is 0.433 e. The van der Waals surface area contributed by atoms with Gasteiger partial charge in [-0.2, -0.15) is 13.2 Å². The fraction of sp³-hybridized carbons (Fsp3) is 0.552. The zero-order chi connectivity index (χ0) is 28.4. The van der Waals surface area contributed by atoms with E-state index in [0.717, 1.165) is 37.3 Å². The smallest absolute Gasteiger partial charge is 0.433 e. The number of rotatable bonds is 3. The topological polar surface area (TPSA) is 78.0 Å². The maximum atomic E-state index is 13.6. The van der Waals surface area contributed by atoms with Crippen LogP contribution in [-0.2, 0) is 20.4 Å². The third-order valence-corrected chi connectivity index (χ3v) is 7.17. The number of nitrogens with zero attached hydrogens (tertiary/aromatic N) is 2. The van der Waals surface area contributed by atoms with Crippen molar-refractivity contribution in [3.63, 3.8) is 0 Å². The van der Waals surface area contributed by atoms with Crippen molar-refractivity contribution in [2.24, 2.45) is 0 Å². The SMILES string of the molecule is COc1ccc(C(F)(F)F)nc1[C@@H]1CC2(CCCCCCN(C(=O)OC(C)(C)C)[C@H]2c2ccccc2)OC1=O. The Hall–Kier alpha value is -3.30. The minimum absolute atomic E-state index is 0.0371. The van der Waals surface area contributed by atoms with Crippen LogP contribution in [0.3, 0.4) is 0 Å². The molecule has 0 saturated carbocycles. The first kappa shape index (κ1) is 28.7. The van der Waals surface area contributed by atoms with Crippen molar-refractivity contribution in [1.82, 2.24) is 9.88 Å². The summed E-state index contributed by atoms with van der Waals surface area (Å²) >= 11 is 0. The molecule has 0 bridgehead atoms. The Labute approximate surface area is 226 Å². The molecule has 2 aliphatic rings. The summed E-state index contributed by atoms with van der Waals surface area (Å²) in [7, 11) is 1.32. The van der Waals surface area contributed by atoms with Gasteiger partial charge in [0.25, 0.3) is 0 Å². The number of benzene rings is 1. The number of halogens is 3. The van der Waals surface area contributed by atoms with Crippen LogP contribution in [0.2, 0.25) is 0 Å². The first-order valence-electron chi connectivity index (χ1n) is 13.2. The van der Waals surface area contributed by atoms with Gasteiger partial charge in [-0.1, -0.05) is 43.2 Å². The lowest BCUT2D eigenvalue weighted by molar-refractivity contribution is -0.156. The number of amides is 1. The molecule has 0 radical (unpaired) electrons. The van der Waals surface area contributed by atoms with E-state index < -0.39 is 47.1 Å². The van der Waals surface area contributed by atoms with Crippen LogP contribution in [0.25, 0.3) is 0 Å². The van der Waals surface area contributed by atoms with Gasteiger partial charge in [-0.3, -0.25) is 9.69 Å². The highest BCUT2D eigenvalue weighted by Crippen LogP contribution is 2.52. The van der Waals surface area contributed by atoms with E-state index in [1.807, 2.05) is 30.3 Å². The molecule has 3 heterocycles. The number of hydrogen-bond donors (Lipinski definition) is 0. The van der Waals surface area contributed by atoms with Gasteiger partial charge in [0.05, 0.1) is 12.8 Å². The van der Waals surface area contributed by atoms with Crippen LogP contribution >= 0.6 is 0 Å². The largest absolute Gasteiger partial charge is 0.495 e. The third-order valence-electron chi connectivity index (χ3n) is 7.17. The number of hydrogen-bond acceptors (Lipinski definition) is 6. The lowest BCUT2D eigenvalue weighted by Crippen LogP contribution is -2.50. The van der Waals surface area contributed by atoms with Crippen molar-refractivity contribution in [2.75, 3.05) is 13.7 Å². The van der Waals surface area contributed by atoms with E-state index in [1.54, 1.807) is 25.7 Å². The molecule has 2 saturated heterocycles. The van der Waals surface area contributed by atoms with Crippen molar-refractivity contribution < 1.29 is 37.0 Å². The Bertz CT molecular complexity index is 1180. The molecule has 7 nitrogen and oxygen atoms in total. The standard InChI is InChI=1S/C29H35F3N2O5/c1-27(2,3)39-26(36)34-17-11-6-5-10-16-28(24(34)19-12-8-7-9-13-19)18-20(25(35)38-28)23-21(37-4)14-15-22(33-23)29(30,31)32/h7-9,12-15,20,24H,5-6,10-11,16-18H2,1-4H3/t20-,24-,28?/m0/s1. The normalized spacial score (nSPS) is 24.5. The fourth-order valence-electron chi connectivity index (χ4n) is 5.56. The van der Waals surface area contributed by atoms with E-state index in [2.05, 4.69) is 4.98 Å². The van der Waals surface area contributed by atoms with Crippen molar-refractivity contribution >= 4 is 12.1 Å². The van der Waals surface area contributed by atoms with Gasteiger partial charge in [0, 0.05) is 13.0 Å². The molecule has 3 atom stereocenters. The highest BCUT2D eigenvalue weighted by molar-refractivity contribution is 5.82. The summed E-state index contributed by atoms with van der Waals surface area (Å²) < 4.78 is 58.0. The number of esters is 1. The lowest BCUT2D eigenvalue weighted by atomic mass is 9.78. The van der Waals surface area contributed by atoms with Crippen LogP contribution in [0.15, 0.2) is 42.5 Å². The highest BCUT2D eigenvalue weighted by Gasteiger charge is 2.56. The summed E-state index contributed by atoms with van der Waals surface area (Å²) in [5.74, 6) is -1.72. The maximum absolute atomic E-state index is 13.6. The van der Waals surface area contributed by atoms with Crippen LogP contribution in [0.5, 0.6) is 5.75 Å². The number of ether oxygens (including phenoxy) is 3. The second-order valence-corrected chi connectivity index (χ2v) is 11.2. The molecule has 0 N–H and O–H groups in total. The van der Waals surface area contributed by atoms with Gasteiger partial charge in [-0.15, -0.1) is 0 Å². The predicted octanol–water partition coefficient (Wildman–Crippen LogP) is 6.82. The molecular weight excluding hydrogens is 513 g/mol. The van der Waals surface area contributed by atoms with Gasteiger partial charge in [0.15, 0.2) is 0 Å². The Morgan fingerprint density at radius 2 is 1.74 bits per heavy atom. The summed E-state index contributed by atoms with van der Waals surface area (Å²) in [6.45, 7) is 5.73. The number of carbonyl (C=O) groups is 2. The van der Waals surface area contributed by atoms with Crippen LogP contribution in [0, 0.1) is 0 Å². The van der Waals surface area contributed by atoms with Crippen molar-refractivity contribution in [3.8, 4) is 5.75 Å². The van der Waals surface area contributed by atoms with Crippen LogP contribution in [-0.4, -0.2) is 46.8 Å². The highest BCUT2D eigenvalue weighted by atomic mass is 19.4. The van der Waals surface area contributed by atoms with Crippen molar-refractivity contribution in [3.05, 3.63) is 59.4 Å². The Kier molecular flexibility index (Phi) is 8.14. The first-order valence-corrected chi connectivity index (χ1v) is 13.2. The minimum atomic E-state index is -4.69. The van der Waals surface area contributed by atoms with Gasteiger partial charge < -0.3 is 14.2 Å². The molecule has 1 unspecified atom stereocenters. The number of methoxy groups -OCH3 is 1. The molecule has 39 heavy (non-hydrogen) atoms. The van der Waals surface area contributed by atoms with E-state index in [9.17, 15) is 22.8 Å². The Morgan fingerprint density at radius 3 is 2.38 bits per heavy atom. The molecule has 4 rings (SSSR count). The third kappa shape index (κ3) is 6.31. The van der Waals surface area contributed by atoms with Crippen molar-refractivity contribution in [2.45, 2.75) is 88.6 Å².